The largest absolute Gasteiger partial charge is 0.392 e. The predicted octanol–water partition coefficient (Wildman–Crippen LogP) is 3.98. The van der Waals surface area contributed by atoms with E-state index < -0.39 is 11.7 Å². The minimum Gasteiger partial charge on any atom is -0.392 e. The molecule has 0 aromatic rings. The Hall–Kier alpha value is -0.640. The molecule has 1 saturated carbocycles. The van der Waals surface area contributed by atoms with Crippen LogP contribution in [0.1, 0.15) is 72.6 Å². The Bertz CT molecular complexity index is 421. The number of aliphatic hydroxyl groups excluding tert-OH is 2. The summed E-state index contributed by atoms with van der Waals surface area (Å²) in [7, 11) is 0. The van der Waals surface area contributed by atoms with Crippen molar-refractivity contribution in [1.82, 2.24) is 0 Å². The van der Waals surface area contributed by atoms with E-state index in [2.05, 4.69) is 20.4 Å². The van der Waals surface area contributed by atoms with Gasteiger partial charge < -0.3 is 15.3 Å². The third kappa shape index (κ3) is 6.06. The van der Waals surface area contributed by atoms with Crippen LogP contribution in [0, 0.1) is 11.3 Å². The Morgan fingerprint density at radius 2 is 2.13 bits per heavy atom. The molecule has 0 saturated heterocycles. The van der Waals surface area contributed by atoms with E-state index in [1.807, 2.05) is 6.92 Å². The molecule has 0 aromatic heterocycles. The smallest absolute Gasteiger partial charge is 0.0877 e. The summed E-state index contributed by atoms with van der Waals surface area (Å²) in [5.41, 5.74) is 1.50. The van der Waals surface area contributed by atoms with Crippen LogP contribution in [0.3, 0.4) is 0 Å². The number of rotatable bonds is 8. The topological polar surface area (TPSA) is 60.7 Å². The van der Waals surface area contributed by atoms with Gasteiger partial charge in [0.25, 0.3) is 0 Å². The molecule has 0 unspecified atom stereocenters. The Kier molecular flexibility index (Phi) is 7.50. The molecule has 3 N–H and O–H groups in total. The average molecular weight is 325 g/mol. The zero-order valence-electron chi connectivity index (χ0n) is 15.4. The van der Waals surface area contributed by atoms with Crippen LogP contribution in [0.2, 0.25) is 0 Å². The molecule has 0 bridgehead atoms. The van der Waals surface area contributed by atoms with E-state index in [0.717, 1.165) is 18.4 Å². The van der Waals surface area contributed by atoms with Crippen molar-refractivity contribution >= 4 is 0 Å². The predicted molar refractivity (Wildman–Crippen MR) is 96.2 cm³/mol. The monoisotopic (exact) mass is 324 g/mol. The molecule has 0 amide bonds. The molecule has 3 heteroatoms. The first-order valence-electron chi connectivity index (χ1n) is 8.95. The summed E-state index contributed by atoms with van der Waals surface area (Å²) in [4.78, 5) is 0. The van der Waals surface area contributed by atoms with Gasteiger partial charge in [0.1, 0.15) is 0 Å². The quantitative estimate of drug-likeness (QED) is 0.592. The Balaban J connectivity index is 2.56. The van der Waals surface area contributed by atoms with Crippen molar-refractivity contribution in [2.24, 2.45) is 11.3 Å². The standard InChI is InChI=1S/C20H36O3/c1-15(11-14-21)8-9-18(22)20(5,23)13-10-17-16(2)7-6-12-19(17,3)4/h11,17-18,21-23H,2,6-10,12-14H2,1,3-5H3/b15-11+/t17-,18-,20+/m1/s1. The molecule has 3 nitrogen and oxygen atoms in total. The minimum atomic E-state index is -1.08. The maximum Gasteiger partial charge on any atom is 0.0877 e. The van der Waals surface area contributed by atoms with E-state index in [-0.39, 0.29) is 12.0 Å². The van der Waals surface area contributed by atoms with Gasteiger partial charge in [0.2, 0.25) is 0 Å². The number of hydrogen-bond acceptors (Lipinski definition) is 3. The van der Waals surface area contributed by atoms with Gasteiger partial charge in [0, 0.05) is 0 Å². The SMILES string of the molecule is C=C1CCCC(C)(C)[C@@H]1CC[C@](C)(O)[C@H](O)CC/C(C)=C/CO. The molecule has 23 heavy (non-hydrogen) atoms. The highest BCUT2D eigenvalue weighted by molar-refractivity contribution is 5.09. The van der Waals surface area contributed by atoms with Crippen molar-refractivity contribution in [2.45, 2.75) is 84.3 Å². The highest BCUT2D eigenvalue weighted by Gasteiger charge is 2.37. The fraction of sp³-hybridized carbons (Fsp3) is 0.800. The summed E-state index contributed by atoms with van der Waals surface area (Å²) < 4.78 is 0. The molecule has 3 atom stereocenters. The molecular formula is C20H36O3. The molecule has 1 rings (SSSR count). The van der Waals surface area contributed by atoms with Crippen molar-refractivity contribution in [3.05, 3.63) is 23.8 Å². The molecule has 1 aliphatic carbocycles. The van der Waals surface area contributed by atoms with Crippen molar-refractivity contribution in [3.63, 3.8) is 0 Å². The van der Waals surface area contributed by atoms with Gasteiger partial charge >= 0.3 is 0 Å². The molecule has 0 heterocycles. The lowest BCUT2D eigenvalue weighted by molar-refractivity contribution is -0.0748. The molecule has 0 aliphatic heterocycles. The second-order valence-corrected chi connectivity index (χ2v) is 8.24. The third-order valence-corrected chi connectivity index (χ3v) is 5.66. The molecule has 1 aliphatic rings. The first-order chi connectivity index (χ1) is 10.6. The van der Waals surface area contributed by atoms with Gasteiger partial charge in [-0.3, -0.25) is 0 Å². The Labute approximate surface area is 142 Å². The van der Waals surface area contributed by atoms with Crippen LogP contribution in [0.5, 0.6) is 0 Å². The average Bonchev–Trinajstić information content (AvgIpc) is 2.43. The second-order valence-electron chi connectivity index (χ2n) is 8.24. The molecule has 134 valence electrons. The first-order valence-corrected chi connectivity index (χ1v) is 8.95. The van der Waals surface area contributed by atoms with Crippen molar-refractivity contribution in [2.75, 3.05) is 6.61 Å². The molecule has 1 fully saturated rings. The number of hydrogen-bond donors (Lipinski definition) is 3. The van der Waals surface area contributed by atoms with Crippen LogP contribution in [-0.4, -0.2) is 33.6 Å². The summed E-state index contributed by atoms with van der Waals surface area (Å²) in [5.74, 6) is 0.422. The fourth-order valence-corrected chi connectivity index (χ4v) is 3.80. The molecule has 0 aromatic carbocycles. The lowest BCUT2D eigenvalue weighted by atomic mass is 9.64. The van der Waals surface area contributed by atoms with Crippen molar-refractivity contribution in [3.8, 4) is 0 Å². The summed E-state index contributed by atoms with van der Waals surface area (Å²) in [6, 6.07) is 0. The highest BCUT2D eigenvalue weighted by Crippen LogP contribution is 2.46. The van der Waals surface area contributed by atoms with Gasteiger partial charge in [-0.1, -0.05) is 37.6 Å². The lowest BCUT2D eigenvalue weighted by Crippen LogP contribution is -2.41. The summed E-state index contributed by atoms with van der Waals surface area (Å²) >= 11 is 0. The maximum atomic E-state index is 10.7. The summed E-state index contributed by atoms with van der Waals surface area (Å²) in [5, 5.41) is 29.9. The number of allylic oxidation sites excluding steroid dienone is 2. The first kappa shape index (κ1) is 20.4. The third-order valence-electron chi connectivity index (χ3n) is 5.66. The van der Waals surface area contributed by atoms with E-state index in [4.69, 9.17) is 5.11 Å². The maximum absolute atomic E-state index is 10.7. The van der Waals surface area contributed by atoms with Gasteiger partial charge in [0.05, 0.1) is 18.3 Å². The Morgan fingerprint density at radius 1 is 1.48 bits per heavy atom. The highest BCUT2D eigenvalue weighted by atomic mass is 16.3. The van der Waals surface area contributed by atoms with Crippen LogP contribution in [0.25, 0.3) is 0 Å². The van der Waals surface area contributed by atoms with E-state index in [1.54, 1.807) is 13.0 Å². The summed E-state index contributed by atoms with van der Waals surface area (Å²) in [6.45, 7) is 12.5. The van der Waals surface area contributed by atoms with Gasteiger partial charge in [-0.25, -0.2) is 0 Å². The fourth-order valence-electron chi connectivity index (χ4n) is 3.80. The minimum absolute atomic E-state index is 0.0250. The van der Waals surface area contributed by atoms with Crippen LogP contribution in [0.4, 0.5) is 0 Å². The van der Waals surface area contributed by atoms with Crippen LogP contribution in [-0.2, 0) is 0 Å². The molecule has 0 radical (unpaired) electrons. The normalized spacial score (nSPS) is 26.0. The van der Waals surface area contributed by atoms with E-state index in [0.29, 0.717) is 25.2 Å². The van der Waals surface area contributed by atoms with Gasteiger partial charge in [0.15, 0.2) is 0 Å². The van der Waals surface area contributed by atoms with E-state index in [9.17, 15) is 10.2 Å². The van der Waals surface area contributed by atoms with Crippen LogP contribution in [0.15, 0.2) is 23.8 Å². The van der Waals surface area contributed by atoms with E-state index in [1.165, 1.54) is 18.4 Å². The lowest BCUT2D eigenvalue weighted by Gasteiger charge is -2.42. The summed E-state index contributed by atoms with van der Waals surface area (Å²) in [6.07, 6.45) is 7.17. The van der Waals surface area contributed by atoms with Gasteiger partial charge in [-0.05, 0) is 70.1 Å². The van der Waals surface area contributed by atoms with E-state index >= 15 is 0 Å². The van der Waals surface area contributed by atoms with Crippen LogP contribution >= 0.6 is 0 Å². The van der Waals surface area contributed by atoms with Crippen molar-refractivity contribution < 1.29 is 15.3 Å². The van der Waals surface area contributed by atoms with Crippen molar-refractivity contribution in [1.29, 1.82) is 0 Å². The van der Waals surface area contributed by atoms with Gasteiger partial charge in [-0.2, -0.15) is 0 Å². The second kappa shape index (κ2) is 8.46. The van der Waals surface area contributed by atoms with Crippen LogP contribution < -0.4 is 0 Å². The molecule has 0 spiro atoms. The Morgan fingerprint density at radius 3 is 2.70 bits per heavy atom. The zero-order chi connectivity index (χ0) is 17.7. The number of aliphatic hydroxyl groups is 3. The van der Waals surface area contributed by atoms with Gasteiger partial charge in [-0.15, -0.1) is 0 Å². The molecular weight excluding hydrogens is 288 g/mol. The zero-order valence-corrected chi connectivity index (χ0v) is 15.4.